The molecule has 0 saturated carbocycles. The quantitative estimate of drug-likeness (QED) is 0.484. The molecule has 1 amide bonds. The van der Waals surface area contributed by atoms with Gasteiger partial charge in [0.05, 0.1) is 21.2 Å². The van der Waals surface area contributed by atoms with E-state index >= 15 is 0 Å². The van der Waals surface area contributed by atoms with Crippen LogP contribution < -0.4 is 5.32 Å². The molecule has 11 nitrogen and oxygen atoms in total. The molecule has 150 valence electrons. The maximum absolute atomic E-state index is 14.2. The van der Waals surface area contributed by atoms with E-state index in [0.29, 0.717) is 11.5 Å². The van der Waals surface area contributed by atoms with Crippen LogP contribution in [0.3, 0.4) is 0 Å². The second-order valence-corrected chi connectivity index (χ2v) is 8.02. The SMILES string of the molecule is Cc1nnnn1-c1ccc(F)c(NC(=O)c2cc([N+](=O)[O-])cc(S(C)(=O)=O)c2)c1. The molecule has 3 aromatic rings. The Balaban J connectivity index is 2.00. The van der Waals surface area contributed by atoms with E-state index in [1.165, 1.54) is 16.8 Å². The predicted molar refractivity (Wildman–Crippen MR) is 98.0 cm³/mol. The summed E-state index contributed by atoms with van der Waals surface area (Å²) in [5.41, 5.74) is -0.783. The third kappa shape index (κ3) is 4.24. The molecule has 0 saturated heterocycles. The topological polar surface area (TPSA) is 150 Å². The van der Waals surface area contributed by atoms with Crippen LogP contribution in [0, 0.1) is 22.9 Å². The lowest BCUT2D eigenvalue weighted by Gasteiger charge is -2.10. The first kappa shape index (κ1) is 20.0. The van der Waals surface area contributed by atoms with Crippen molar-refractivity contribution >= 4 is 27.1 Å². The summed E-state index contributed by atoms with van der Waals surface area (Å²) in [4.78, 5) is 22.4. The van der Waals surface area contributed by atoms with Crippen molar-refractivity contribution in [2.45, 2.75) is 11.8 Å². The van der Waals surface area contributed by atoms with Gasteiger partial charge in [-0.2, -0.15) is 4.68 Å². The van der Waals surface area contributed by atoms with Gasteiger partial charge in [0.25, 0.3) is 11.6 Å². The maximum Gasteiger partial charge on any atom is 0.271 e. The van der Waals surface area contributed by atoms with Crippen molar-refractivity contribution in [1.82, 2.24) is 20.2 Å². The fourth-order valence-electron chi connectivity index (χ4n) is 2.44. The van der Waals surface area contributed by atoms with Crippen molar-refractivity contribution in [3.63, 3.8) is 0 Å². The van der Waals surface area contributed by atoms with Crippen molar-refractivity contribution in [3.05, 3.63) is 63.7 Å². The Bertz CT molecular complexity index is 1240. The second-order valence-electron chi connectivity index (χ2n) is 6.00. The lowest BCUT2D eigenvalue weighted by Crippen LogP contribution is -2.15. The first-order valence-corrected chi connectivity index (χ1v) is 9.81. The van der Waals surface area contributed by atoms with E-state index in [4.69, 9.17) is 0 Å². The number of hydrogen-bond acceptors (Lipinski definition) is 8. The monoisotopic (exact) mass is 420 g/mol. The molecule has 29 heavy (non-hydrogen) atoms. The minimum atomic E-state index is -3.82. The molecule has 0 aliphatic carbocycles. The summed E-state index contributed by atoms with van der Waals surface area (Å²) >= 11 is 0. The zero-order chi connectivity index (χ0) is 21.3. The molecule has 0 aliphatic heterocycles. The molecule has 3 rings (SSSR count). The highest BCUT2D eigenvalue weighted by Gasteiger charge is 2.20. The number of amides is 1. The number of sulfone groups is 1. The largest absolute Gasteiger partial charge is 0.319 e. The summed E-state index contributed by atoms with van der Waals surface area (Å²) in [7, 11) is -3.82. The van der Waals surface area contributed by atoms with E-state index in [0.717, 1.165) is 30.5 Å². The van der Waals surface area contributed by atoms with Crippen molar-refractivity contribution < 1.29 is 22.5 Å². The van der Waals surface area contributed by atoms with Crippen LogP contribution in [-0.2, 0) is 9.84 Å². The van der Waals surface area contributed by atoms with Crippen molar-refractivity contribution in [1.29, 1.82) is 0 Å². The summed E-state index contributed by atoms with van der Waals surface area (Å²) in [6.07, 6.45) is 0.853. The molecular formula is C16H13FN6O5S. The van der Waals surface area contributed by atoms with Gasteiger partial charge in [0.2, 0.25) is 0 Å². The summed E-state index contributed by atoms with van der Waals surface area (Å²) < 4.78 is 39.0. The number of halogens is 1. The highest BCUT2D eigenvalue weighted by Crippen LogP contribution is 2.24. The third-order valence-electron chi connectivity index (χ3n) is 3.86. The fraction of sp³-hybridized carbons (Fsp3) is 0.125. The van der Waals surface area contributed by atoms with Gasteiger partial charge in [-0.15, -0.1) is 5.10 Å². The molecule has 2 aromatic carbocycles. The van der Waals surface area contributed by atoms with Crippen LogP contribution in [0.5, 0.6) is 0 Å². The lowest BCUT2D eigenvalue weighted by molar-refractivity contribution is -0.385. The minimum absolute atomic E-state index is 0.241. The molecule has 0 bridgehead atoms. The summed E-state index contributed by atoms with van der Waals surface area (Å²) in [6, 6.07) is 6.46. The average molecular weight is 420 g/mol. The molecule has 0 atom stereocenters. The Labute approximate surface area is 163 Å². The van der Waals surface area contributed by atoms with Crippen LogP contribution in [0.2, 0.25) is 0 Å². The van der Waals surface area contributed by atoms with Crippen LogP contribution in [0.25, 0.3) is 5.69 Å². The van der Waals surface area contributed by atoms with E-state index in [-0.39, 0.29) is 11.3 Å². The number of hydrogen-bond donors (Lipinski definition) is 1. The molecule has 0 radical (unpaired) electrons. The van der Waals surface area contributed by atoms with Crippen LogP contribution in [-0.4, -0.2) is 45.7 Å². The molecule has 13 heteroatoms. The standard InChI is InChI=1S/C16H13FN6O5S/c1-9-19-20-21-22(9)11-3-4-14(17)15(8-11)18-16(24)10-5-12(23(25)26)7-13(6-10)29(2,27)28/h3-8H,1-2H3,(H,18,24). The van der Waals surface area contributed by atoms with E-state index in [9.17, 15) is 27.7 Å². The number of anilines is 1. The maximum atomic E-state index is 14.2. The van der Waals surface area contributed by atoms with Gasteiger partial charge in [-0.25, -0.2) is 12.8 Å². The zero-order valence-corrected chi connectivity index (χ0v) is 15.8. The summed E-state index contributed by atoms with van der Waals surface area (Å²) in [6.45, 7) is 1.62. The van der Waals surface area contributed by atoms with Crippen LogP contribution >= 0.6 is 0 Å². The average Bonchev–Trinajstić information content (AvgIpc) is 3.08. The van der Waals surface area contributed by atoms with Crippen molar-refractivity contribution in [2.24, 2.45) is 0 Å². The molecular weight excluding hydrogens is 407 g/mol. The number of nitrogens with one attached hydrogen (secondary N) is 1. The van der Waals surface area contributed by atoms with E-state index < -0.39 is 37.1 Å². The zero-order valence-electron chi connectivity index (χ0n) is 15.0. The highest BCUT2D eigenvalue weighted by atomic mass is 32.2. The van der Waals surface area contributed by atoms with E-state index in [2.05, 4.69) is 20.8 Å². The van der Waals surface area contributed by atoms with Crippen molar-refractivity contribution in [3.8, 4) is 5.69 Å². The molecule has 1 N–H and O–H groups in total. The molecule has 0 fully saturated rings. The van der Waals surface area contributed by atoms with Gasteiger partial charge in [0.1, 0.15) is 5.82 Å². The van der Waals surface area contributed by atoms with Gasteiger partial charge < -0.3 is 5.32 Å². The fourth-order valence-corrected chi connectivity index (χ4v) is 3.12. The predicted octanol–water partition coefficient (Wildman–Crippen LogP) is 1.67. The Hall–Kier alpha value is -3.74. The number of rotatable bonds is 5. The number of aryl methyl sites for hydroxylation is 1. The van der Waals surface area contributed by atoms with E-state index in [1.807, 2.05) is 0 Å². The normalized spacial score (nSPS) is 11.3. The Morgan fingerprint density at radius 2 is 1.97 bits per heavy atom. The Kier molecular flexibility index (Phi) is 5.07. The first-order valence-electron chi connectivity index (χ1n) is 7.92. The van der Waals surface area contributed by atoms with Crippen molar-refractivity contribution in [2.75, 3.05) is 11.6 Å². The summed E-state index contributed by atoms with van der Waals surface area (Å²) in [5, 5.41) is 24.3. The van der Waals surface area contributed by atoms with Crippen LogP contribution in [0.4, 0.5) is 15.8 Å². The van der Waals surface area contributed by atoms with Crippen LogP contribution in [0.15, 0.2) is 41.3 Å². The number of nitrogens with zero attached hydrogens (tertiary/aromatic N) is 5. The van der Waals surface area contributed by atoms with Gasteiger partial charge >= 0.3 is 0 Å². The number of aromatic nitrogens is 4. The number of non-ortho nitro benzene ring substituents is 1. The second kappa shape index (κ2) is 7.35. The molecule has 0 aliphatic rings. The molecule has 1 aromatic heterocycles. The Morgan fingerprint density at radius 3 is 2.55 bits per heavy atom. The number of nitro groups is 1. The van der Waals surface area contributed by atoms with Gasteiger partial charge in [0, 0.05) is 24.0 Å². The summed E-state index contributed by atoms with van der Waals surface area (Å²) in [5.74, 6) is -1.28. The minimum Gasteiger partial charge on any atom is -0.319 e. The number of carbonyl (C=O) groups excluding carboxylic acids is 1. The first-order chi connectivity index (χ1) is 13.6. The highest BCUT2D eigenvalue weighted by molar-refractivity contribution is 7.90. The third-order valence-corrected chi connectivity index (χ3v) is 4.95. The number of benzene rings is 2. The number of nitro benzene ring substituents is 1. The number of tetrazole rings is 1. The Morgan fingerprint density at radius 1 is 1.24 bits per heavy atom. The van der Waals surface area contributed by atoms with Gasteiger partial charge in [-0.1, -0.05) is 0 Å². The lowest BCUT2D eigenvalue weighted by atomic mass is 10.1. The smallest absolute Gasteiger partial charge is 0.271 e. The van der Waals surface area contributed by atoms with Crippen LogP contribution in [0.1, 0.15) is 16.2 Å². The molecule has 0 unspecified atom stereocenters. The van der Waals surface area contributed by atoms with Gasteiger partial charge in [0.15, 0.2) is 15.7 Å². The van der Waals surface area contributed by atoms with Gasteiger partial charge in [-0.05, 0) is 41.6 Å². The van der Waals surface area contributed by atoms with Gasteiger partial charge in [-0.3, -0.25) is 14.9 Å². The van der Waals surface area contributed by atoms with E-state index in [1.54, 1.807) is 6.92 Å². The molecule has 1 heterocycles. The number of carbonyl (C=O) groups is 1. The molecule has 0 spiro atoms.